The zero-order valence-electron chi connectivity index (χ0n) is 11.1. The maximum Gasteiger partial charge on any atom is 0.116 e. The fourth-order valence-corrected chi connectivity index (χ4v) is 1.02. The van der Waals surface area contributed by atoms with Crippen molar-refractivity contribution in [1.29, 1.82) is 0 Å². The minimum Gasteiger partial charge on any atom is -0.366 e. The summed E-state index contributed by atoms with van der Waals surface area (Å²) in [4.78, 5) is 0. The quantitative estimate of drug-likeness (QED) is 0.312. The van der Waals surface area contributed by atoms with Crippen molar-refractivity contribution in [2.45, 2.75) is 33.1 Å². The zero-order valence-corrected chi connectivity index (χ0v) is 11.1. The molecular formula is C13H26N2O2. The molecule has 0 aromatic carbocycles. The lowest BCUT2D eigenvalue weighted by molar-refractivity contribution is 0.116. The van der Waals surface area contributed by atoms with E-state index in [9.17, 15) is 0 Å². The van der Waals surface area contributed by atoms with Crippen LogP contribution in [0.25, 0.3) is 0 Å². The topological polar surface area (TPSA) is 42.5 Å². The smallest absolute Gasteiger partial charge is 0.116 e. The van der Waals surface area contributed by atoms with E-state index >= 15 is 0 Å². The Morgan fingerprint density at radius 1 is 1.06 bits per heavy atom. The molecule has 4 nitrogen and oxygen atoms in total. The van der Waals surface area contributed by atoms with Gasteiger partial charge in [0.15, 0.2) is 0 Å². The van der Waals surface area contributed by atoms with Crippen molar-refractivity contribution in [3.8, 4) is 0 Å². The molecule has 0 aromatic rings. The van der Waals surface area contributed by atoms with E-state index < -0.39 is 0 Å². The molecule has 0 unspecified atom stereocenters. The highest BCUT2D eigenvalue weighted by molar-refractivity contribution is 4.84. The van der Waals surface area contributed by atoms with Gasteiger partial charge in [-0.3, -0.25) is 5.32 Å². The summed E-state index contributed by atoms with van der Waals surface area (Å²) < 4.78 is 10.6. The number of hydrogen-bond donors (Lipinski definition) is 2. The lowest BCUT2D eigenvalue weighted by atomic mass is 10.4. The highest BCUT2D eigenvalue weighted by atomic mass is 16.5. The van der Waals surface area contributed by atoms with Gasteiger partial charge in [-0.25, -0.2) is 0 Å². The van der Waals surface area contributed by atoms with Crippen LogP contribution < -0.4 is 10.6 Å². The van der Waals surface area contributed by atoms with Crippen LogP contribution in [-0.2, 0) is 9.47 Å². The van der Waals surface area contributed by atoms with Gasteiger partial charge in [-0.2, -0.15) is 0 Å². The van der Waals surface area contributed by atoms with Gasteiger partial charge in [-0.15, -0.1) is 5.73 Å². The predicted octanol–water partition coefficient (Wildman–Crippen LogP) is 1.99. The third-order valence-electron chi connectivity index (χ3n) is 1.93. The minimum atomic E-state index is 0.544. The van der Waals surface area contributed by atoms with Crippen molar-refractivity contribution in [3.63, 3.8) is 0 Å². The molecule has 0 saturated carbocycles. The van der Waals surface area contributed by atoms with Crippen LogP contribution in [0.15, 0.2) is 18.0 Å². The summed E-state index contributed by atoms with van der Waals surface area (Å²) in [5.74, 6) is 0. The van der Waals surface area contributed by atoms with Crippen molar-refractivity contribution >= 4 is 0 Å². The summed E-state index contributed by atoms with van der Waals surface area (Å²) >= 11 is 0. The number of nitrogens with one attached hydrogen (secondary N) is 2. The van der Waals surface area contributed by atoms with Crippen molar-refractivity contribution in [3.05, 3.63) is 18.0 Å². The number of hydrogen-bond acceptors (Lipinski definition) is 4. The summed E-state index contributed by atoms with van der Waals surface area (Å²) in [7, 11) is 0. The lowest BCUT2D eigenvalue weighted by Gasteiger charge is -2.02. The van der Waals surface area contributed by atoms with Gasteiger partial charge in [0.05, 0.1) is 6.73 Å². The number of ether oxygens (including phenoxy) is 2. The van der Waals surface area contributed by atoms with Crippen LogP contribution in [0.1, 0.15) is 33.1 Å². The molecule has 0 aliphatic carbocycles. The summed E-state index contributed by atoms with van der Waals surface area (Å²) in [5.41, 5.74) is 3.01. The fraction of sp³-hybridized carbons (Fsp3) is 0.769. The van der Waals surface area contributed by atoms with Gasteiger partial charge >= 0.3 is 0 Å². The molecule has 0 aliphatic rings. The maximum atomic E-state index is 5.34. The van der Waals surface area contributed by atoms with Gasteiger partial charge in [0.1, 0.15) is 6.73 Å². The van der Waals surface area contributed by atoms with E-state index in [0.717, 1.165) is 32.6 Å². The predicted molar refractivity (Wildman–Crippen MR) is 70.6 cm³/mol. The first-order chi connectivity index (χ1) is 8.41. The van der Waals surface area contributed by atoms with Gasteiger partial charge < -0.3 is 14.8 Å². The summed E-state index contributed by atoms with van der Waals surface area (Å²) in [6.45, 7) is 7.78. The van der Waals surface area contributed by atoms with Crippen LogP contribution in [0.4, 0.5) is 0 Å². The maximum absolute atomic E-state index is 5.34. The zero-order chi connectivity index (χ0) is 12.6. The van der Waals surface area contributed by atoms with E-state index in [1.165, 1.54) is 6.42 Å². The molecule has 17 heavy (non-hydrogen) atoms. The van der Waals surface area contributed by atoms with Gasteiger partial charge in [-0.05, 0) is 18.9 Å². The normalized spacial score (nSPS) is 9.76. The first-order valence-corrected chi connectivity index (χ1v) is 6.40. The Hall–Kier alpha value is -0.800. The van der Waals surface area contributed by atoms with Crippen molar-refractivity contribution < 1.29 is 9.47 Å². The monoisotopic (exact) mass is 242 g/mol. The molecule has 0 bridgehead atoms. The number of rotatable bonds is 12. The molecule has 0 atom stereocenters. The Balaban J connectivity index is 3.15. The first kappa shape index (κ1) is 16.2. The second kappa shape index (κ2) is 15.2. The Morgan fingerprint density at radius 3 is 2.65 bits per heavy atom. The Labute approximate surface area is 105 Å². The second-order valence-corrected chi connectivity index (χ2v) is 3.63. The average Bonchev–Trinajstić information content (AvgIpc) is 2.35. The van der Waals surface area contributed by atoms with E-state index in [1.54, 1.807) is 6.20 Å². The Morgan fingerprint density at radius 2 is 1.88 bits per heavy atom. The molecular weight excluding hydrogens is 216 g/mol. The Bertz CT molecular complexity index is 202. The highest BCUT2D eigenvalue weighted by Crippen LogP contribution is 1.85. The summed E-state index contributed by atoms with van der Waals surface area (Å²) in [6, 6.07) is 0. The van der Waals surface area contributed by atoms with Crippen LogP contribution in [0.3, 0.4) is 0 Å². The summed E-state index contributed by atoms with van der Waals surface area (Å²) in [6.07, 6.45) is 7.02. The minimum absolute atomic E-state index is 0.544. The molecule has 0 amide bonds. The van der Waals surface area contributed by atoms with Crippen LogP contribution in [0, 0.1) is 0 Å². The molecule has 0 saturated heterocycles. The molecule has 0 heterocycles. The van der Waals surface area contributed by atoms with Crippen molar-refractivity contribution in [2.24, 2.45) is 0 Å². The molecule has 4 heteroatoms. The SMILES string of the molecule is CCCCOCNCC=C=CNCOCCC. The van der Waals surface area contributed by atoms with E-state index in [-0.39, 0.29) is 0 Å². The lowest BCUT2D eigenvalue weighted by Crippen LogP contribution is -2.18. The summed E-state index contributed by atoms with van der Waals surface area (Å²) in [5, 5.41) is 6.13. The van der Waals surface area contributed by atoms with Crippen LogP contribution >= 0.6 is 0 Å². The standard InChI is InChI=1S/C13H26N2O2/c1-3-5-11-17-13-15-9-7-6-8-14-12-16-10-4-2/h7-8,14-15H,3-5,9-13H2,1-2H3. The van der Waals surface area contributed by atoms with Crippen LogP contribution in [0.2, 0.25) is 0 Å². The molecule has 0 fully saturated rings. The van der Waals surface area contributed by atoms with Gasteiger partial charge in [0, 0.05) is 26.0 Å². The van der Waals surface area contributed by atoms with Crippen molar-refractivity contribution in [1.82, 2.24) is 10.6 Å². The van der Waals surface area contributed by atoms with Crippen molar-refractivity contribution in [2.75, 3.05) is 33.2 Å². The van der Waals surface area contributed by atoms with E-state index in [1.807, 2.05) is 6.08 Å². The average molecular weight is 242 g/mol. The highest BCUT2D eigenvalue weighted by Gasteiger charge is 1.84. The molecule has 0 spiro atoms. The molecule has 2 N–H and O–H groups in total. The Kier molecular flexibility index (Phi) is 14.5. The van der Waals surface area contributed by atoms with E-state index in [4.69, 9.17) is 9.47 Å². The van der Waals surface area contributed by atoms with Crippen LogP contribution in [-0.4, -0.2) is 33.2 Å². The molecule has 0 rings (SSSR count). The molecule has 0 aliphatic heterocycles. The van der Waals surface area contributed by atoms with E-state index in [0.29, 0.717) is 13.5 Å². The van der Waals surface area contributed by atoms with Gasteiger partial charge in [0.2, 0.25) is 0 Å². The largest absolute Gasteiger partial charge is 0.366 e. The van der Waals surface area contributed by atoms with Crippen LogP contribution in [0.5, 0.6) is 0 Å². The number of unbranched alkanes of at least 4 members (excludes halogenated alkanes) is 1. The molecule has 0 aromatic heterocycles. The fourth-order valence-electron chi connectivity index (χ4n) is 1.02. The molecule has 0 radical (unpaired) electrons. The third-order valence-corrected chi connectivity index (χ3v) is 1.93. The third kappa shape index (κ3) is 15.2. The first-order valence-electron chi connectivity index (χ1n) is 6.40. The van der Waals surface area contributed by atoms with Gasteiger partial charge in [0.25, 0.3) is 0 Å². The second-order valence-electron chi connectivity index (χ2n) is 3.63. The molecule has 100 valence electrons. The van der Waals surface area contributed by atoms with E-state index in [2.05, 4.69) is 30.2 Å². The van der Waals surface area contributed by atoms with Gasteiger partial charge in [-0.1, -0.05) is 20.3 Å².